The summed E-state index contributed by atoms with van der Waals surface area (Å²) in [4.78, 5) is 11.7. The van der Waals surface area contributed by atoms with Crippen LogP contribution in [0, 0.1) is 0 Å². The third-order valence-electron chi connectivity index (χ3n) is 3.25. The number of carbonyl (C=O) groups excluding carboxylic acids is 1. The standard InChI is InChI=1S/C13H18N2O3/c14-10(8-16)12(17)15-11(13(18)6-7-13)9-4-2-1-3-5-9/h1-5,10-11,16,18H,6-8,14H2,(H,15,17)/t10-,11?/m1/s1. The van der Waals surface area contributed by atoms with Gasteiger partial charge in [-0.3, -0.25) is 4.79 Å². The number of hydrogen-bond acceptors (Lipinski definition) is 4. The second-order valence-electron chi connectivity index (χ2n) is 4.74. The van der Waals surface area contributed by atoms with Crippen LogP contribution in [-0.2, 0) is 4.79 Å². The lowest BCUT2D eigenvalue weighted by Crippen LogP contribution is -2.47. The molecule has 5 heteroatoms. The van der Waals surface area contributed by atoms with Gasteiger partial charge in [0.2, 0.25) is 5.91 Å². The predicted octanol–water partition coefficient (Wildman–Crippen LogP) is -0.312. The summed E-state index contributed by atoms with van der Waals surface area (Å²) in [5.41, 5.74) is 5.42. The Hall–Kier alpha value is -1.43. The molecule has 2 rings (SSSR count). The minimum atomic E-state index is -0.960. The molecule has 1 aromatic rings. The lowest BCUT2D eigenvalue weighted by atomic mass is 9.99. The van der Waals surface area contributed by atoms with Gasteiger partial charge >= 0.3 is 0 Å². The highest BCUT2D eigenvalue weighted by atomic mass is 16.3. The topological polar surface area (TPSA) is 95.6 Å². The van der Waals surface area contributed by atoms with E-state index in [2.05, 4.69) is 5.32 Å². The summed E-state index contributed by atoms with van der Waals surface area (Å²) in [5, 5.41) is 21.8. The number of rotatable bonds is 5. The number of benzene rings is 1. The lowest BCUT2D eigenvalue weighted by molar-refractivity contribution is -0.125. The molecule has 1 aliphatic rings. The molecule has 18 heavy (non-hydrogen) atoms. The van der Waals surface area contributed by atoms with Crippen LogP contribution in [0.4, 0.5) is 0 Å². The maximum Gasteiger partial charge on any atom is 0.239 e. The Morgan fingerprint density at radius 3 is 2.50 bits per heavy atom. The number of aliphatic hydroxyl groups is 2. The van der Waals surface area contributed by atoms with E-state index in [4.69, 9.17) is 10.8 Å². The summed E-state index contributed by atoms with van der Waals surface area (Å²) in [5.74, 6) is -0.452. The first-order valence-electron chi connectivity index (χ1n) is 6.01. The van der Waals surface area contributed by atoms with Crippen molar-refractivity contribution in [2.45, 2.75) is 30.5 Å². The van der Waals surface area contributed by atoms with Crippen LogP contribution in [0.25, 0.3) is 0 Å². The summed E-state index contributed by atoms with van der Waals surface area (Å²) in [7, 11) is 0. The van der Waals surface area contributed by atoms with E-state index < -0.39 is 30.2 Å². The second-order valence-corrected chi connectivity index (χ2v) is 4.74. The fourth-order valence-corrected chi connectivity index (χ4v) is 1.92. The highest BCUT2D eigenvalue weighted by Gasteiger charge is 2.49. The average molecular weight is 250 g/mol. The van der Waals surface area contributed by atoms with Crippen LogP contribution in [0.15, 0.2) is 30.3 Å². The van der Waals surface area contributed by atoms with Gasteiger partial charge in [-0.25, -0.2) is 0 Å². The maximum absolute atomic E-state index is 11.7. The number of nitrogens with two attached hydrogens (primary N) is 1. The minimum Gasteiger partial charge on any atom is -0.394 e. The van der Waals surface area contributed by atoms with Gasteiger partial charge in [0.05, 0.1) is 18.2 Å². The highest BCUT2D eigenvalue weighted by molar-refractivity contribution is 5.82. The summed E-state index contributed by atoms with van der Waals surface area (Å²) < 4.78 is 0. The van der Waals surface area contributed by atoms with E-state index in [-0.39, 0.29) is 0 Å². The van der Waals surface area contributed by atoms with Crippen molar-refractivity contribution in [3.63, 3.8) is 0 Å². The van der Waals surface area contributed by atoms with E-state index in [1.165, 1.54) is 0 Å². The van der Waals surface area contributed by atoms with E-state index in [0.29, 0.717) is 12.8 Å². The molecule has 0 saturated heterocycles. The fraction of sp³-hybridized carbons (Fsp3) is 0.462. The lowest BCUT2D eigenvalue weighted by Gasteiger charge is -2.25. The van der Waals surface area contributed by atoms with Gasteiger partial charge in [0.15, 0.2) is 0 Å². The Kier molecular flexibility index (Phi) is 3.65. The molecule has 2 atom stereocenters. The van der Waals surface area contributed by atoms with Crippen LogP contribution in [0.2, 0.25) is 0 Å². The quantitative estimate of drug-likeness (QED) is 0.576. The number of amides is 1. The Balaban J connectivity index is 2.15. The van der Waals surface area contributed by atoms with Gasteiger partial charge in [-0.1, -0.05) is 30.3 Å². The van der Waals surface area contributed by atoms with Crippen molar-refractivity contribution in [3.05, 3.63) is 35.9 Å². The molecule has 0 heterocycles. The van der Waals surface area contributed by atoms with Crippen LogP contribution in [0.5, 0.6) is 0 Å². The first kappa shape index (κ1) is 13.0. The first-order chi connectivity index (χ1) is 8.57. The number of carbonyl (C=O) groups is 1. The smallest absolute Gasteiger partial charge is 0.239 e. The van der Waals surface area contributed by atoms with E-state index >= 15 is 0 Å². The molecule has 1 amide bonds. The van der Waals surface area contributed by atoms with Gasteiger partial charge < -0.3 is 21.3 Å². The molecule has 1 unspecified atom stereocenters. The molecular formula is C13H18N2O3. The molecule has 5 nitrogen and oxygen atoms in total. The van der Waals surface area contributed by atoms with E-state index in [9.17, 15) is 9.90 Å². The van der Waals surface area contributed by atoms with Crippen molar-refractivity contribution in [3.8, 4) is 0 Å². The molecule has 5 N–H and O–H groups in total. The van der Waals surface area contributed by atoms with Gasteiger partial charge in [-0.2, -0.15) is 0 Å². The van der Waals surface area contributed by atoms with Crippen LogP contribution < -0.4 is 11.1 Å². The summed E-state index contributed by atoms with van der Waals surface area (Å²) >= 11 is 0. The Bertz CT molecular complexity index is 418. The third-order valence-corrected chi connectivity index (χ3v) is 3.25. The molecule has 0 bridgehead atoms. The normalized spacial score (nSPS) is 19.9. The molecule has 0 spiro atoms. The predicted molar refractivity (Wildman–Crippen MR) is 66.6 cm³/mol. The third kappa shape index (κ3) is 2.69. The van der Waals surface area contributed by atoms with E-state index in [1.54, 1.807) is 0 Å². The summed E-state index contributed by atoms with van der Waals surface area (Å²) in [6.45, 7) is -0.411. The molecule has 1 fully saturated rings. The van der Waals surface area contributed by atoms with Crippen molar-refractivity contribution in [2.24, 2.45) is 5.73 Å². The Morgan fingerprint density at radius 2 is 2.00 bits per heavy atom. The molecule has 0 aromatic heterocycles. The van der Waals surface area contributed by atoms with Crippen LogP contribution in [0.1, 0.15) is 24.4 Å². The van der Waals surface area contributed by atoms with Crippen molar-refractivity contribution in [1.29, 1.82) is 0 Å². The monoisotopic (exact) mass is 250 g/mol. The number of nitrogens with one attached hydrogen (secondary N) is 1. The molecule has 0 radical (unpaired) electrons. The summed E-state index contributed by atoms with van der Waals surface area (Å²) in [6, 6.07) is 7.86. The molecule has 0 aliphatic heterocycles. The largest absolute Gasteiger partial charge is 0.394 e. The van der Waals surface area contributed by atoms with Crippen molar-refractivity contribution in [2.75, 3.05) is 6.61 Å². The second kappa shape index (κ2) is 5.06. The van der Waals surface area contributed by atoms with E-state index in [1.807, 2.05) is 30.3 Å². The zero-order valence-corrected chi connectivity index (χ0v) is 10.0. The van der Waals surface area contributed by atoms with Gasteiger partial charge in [0.25, 0.3) is 0 Å². The molecule has 98 valence electrons. The van der Waals surface area contributed by atoms with Crippen molar-refractivity contribution >= 4 is 5.91 Å². The summed E-state index contributed by atoms with van der Waals surface area (Å²) in [6.07, 6.45) is 1.31. The van der Waals surface area contributed by atoms with E-state index in [0.717, 1.165) is 5.56 Å². The Morgan fingerprint density at radius 1 is 1.39 bits per heavy atom. The highest BCUT2D eigenvalue weighted by Crippen LogP contribution is 2.45. The van der Waals surface area contributed by atoms with Gasteiger partial charge in [0.1, 0.15) is 6.04 Å². The van der Waals surface area contributed by atoms with Gasteiger partial charge in [-0.15, -0.1) is 0 Å². The zero-order valence-electron chi connectivity index (χ0n) is 10.0. The minimum absolute atomic E-state index is 0.411. The van der Waals surface area contributed by atoms with Crippen molar-refractivity contribution in [1.82, 2.24) is 5.32 Å². The Labute approximate surface area is 106 Å². The van der Waals surface area contributed by atoms with Crippen molar-refractivity contribution < 1.29 is 15.0 Å². The molecule has 1 aromatic carbocycles. The molecule has 1 aliphatic carbocycles. The van der Waals surface area contributed by atoms with Crippen LogP contribution in [-0.4, -0.2) is 34.4 Å². The fourth-order valence-electron chi connectivity index (χ4n) is 1.92. The number of hydrogen-bond donors (Lipinski definition) is 4. The first-order valence-corrected chi connectivity index (χ1v) is 6.01. The van der Waals surface area contributed by atoms with Gasteiger partial charge in [0, 0.05) is 0 Å². The van der Waals surface area contributed by atoms with Crippen LogP contribution in [0.3, 0.4) is 0 Å². The maximum atomic E-state index is 11.7. The molecule has 1 saturated carbocycles. The number of aliphatic hydroxyl groups excluding tert-OH is 1. The van der Waals surface area contributed by atoms with Gasteiger partial charge in [-0.05, 0) is 18.4 Å². The zero-order chi connectivity index (χ0) is 13.2. The SMILES string of the molecule is N[C@H](CO)C(=O)NC(c1ccccc1)C1(O)CC1. The average Bonchev–Trinajstić information content (AvgIpc) is 3.14. The molecular weight excluding hydrogens is 232 g/mol. The van der Waals surface area contributed by atoms with Crippen LogP contribution >= 0.6 is 0 Å².